The summed E-state index contributed by atoms with van der Waals surface area (Å²) < 4.78 is 20.9. The van der Waals surface area contributed by atoms with E-state index in [1.165, 1.54) is 12.1 Å². The maximum atomic E-state index is 10.4. The molecule has 0 N–H and O–H groups in total. The van der Waals surface area contributed by atoms with Crippen LogP contribution >= 0.6 is 0 Å². The molecule has 0 saturated heterocycles. The molecule has 0 aliphatic rings. The van der Waals surface area contributed by atoms with Gasteiger partial charge in [-0.05, 0) is 34.3 Å². The maximum Gasteiger partial charge on any atom is 1.00 e. The molecule has 1 rings (SSSR count). The zero-order valence-electron chi connectivity index (χ0n) is 7.58. The van der Waals surface area contributed by atoms with E-state index in [1.807, 2.05) is 0 Å². The summed E-state index contributed by atoms with van der Waals surface area (Å²) in [6.07, 6.45) is 0. The third-order valence-electron chi connectivity index (χ3n) is 1.43. The molecule has 0 spiro atoms. The number of rotatable bonds is 3. The SMILES string of the molecule is [N-]=[N+]=NCc1ccc(S(=O)[O-])cc1.[Na+]. The third kappa shape index (κ3) is 4.23. The fourth-order valence-electron chi connectivity index (χ4n) is 0.819. The van der Waals surface area contributed by atoms with Gasteiger partial charge in [0.15, 0.2) is 0 Å². The topological polar surface area (TPSA) is 88.9 Å². The predicted molar refractivity (Wildman–Crippen MR) is 46.5 cm³/mol. The van der Waals surface area contributed by atoms with Crippen LogP contribution in [0.2, 0.25) is 0 Å². The zero-order chi connectivity index (χ0) is 9.68. The van der Waals surface area contributed by atoms with Gasteiger partial charge in [0.2, 0.25) is 0 Å². The van der Waals surface area contributed by atoms with Gasteiger partial charge >= 0.3 is 29.6 Å². The van der Waals surface area contributed by atoms with Crippen LogP contribution in [0.1, 0.15) is 5.56 Å². The molecule has 5 nitrogen and oxygen atoms in total. The molecule has 0 aromatic heterocycles. The van der Waals surface area contributed by atoms with Crippen LogP contribution in [0.4, 0.5) is 0 Å². The standard InChI is InChI=1S/C7H7N3O2S.Na/c8-10-9-5-6-1-3-7(4-2-6)13(11)12;/h1-4H,5H2,(H,11,12);/q;+1/p-1. The fraction of sp³-hybridized carbons (Fsp3) is 0.143. The first kappa shape index (κ1) is 13.6. The second-order valence-electron chi connectivity index (χ2n) is 2.27. The molecule has 14 heavy (non-hydrogen) atoms. The summed E-state index contributed by atoms with van der Waals surface area (Å²) in [5, 5.41) is 3.34. The van der Waals surface area contributed by atoms with Gasteiger partial charge in [-0.25, -0.2) is 0 Å². The fourth-order valence-corrected chi connectivity index (χ4v) is 1.18. The average Bonchev–Trinajstić information content (AvgIpc) is 2.15. The van der Waals surface area contributed by atoms with Crippen LogP contribution < -0.4 is 29.6 Å². The number of hydrogen-bond acceptors (Lipinski definition) is 3. The van der Waals surface area contributed by atoms with Crippen molar-refractivity contribution in [3.63, 3.8) is 0 Å². The Morgan fingerprint density at radius 2 is 2.00 bits per heavy atom. The summed E-state index contributed by atoms with van der Waals surface area (Å²) in [4.78, 5) is 2.82. The Kier molecular flexibility index (Phi) is 6.82. The Labute approximate surface area is 106 Å². The van der Waals surface area contributed by atoms with Crippen LogP contribution in [-0.4, -0.2) is 8.76 Å². The second-order valence-corrected chi connectivity index (χ2v) is 3.21. The number of benzene rings is 1. The second kappa shape index (κ2) is 7.00. The summed E-state index contributed by atoms with van der Waals surface area (Å²) in [6, 6.07) is 6.15. The molecule has 1 aromatic rings. The van der Waals surface area contributed by atoms with Crippen LogP contribution in [0.25, 0.3) is 10.4 Å². The molecule has 7 heteroatoms. The maximum absolute atomic E-state index is 10.4. The van der Waals surface area contributed by atoms with Gasteiger partial charge in [-0.2, -0.15) is 0 Å². The van der Waals surface area contributed by atoms with Crippen molar-refractivity contribution in [2.24, 2.45) is 5.11 Å². The first-order chi connectivity index (χ1) is 6.24. The van der Waals surface area contributed by atoms with Crippen LogP contribution in [0, 0.1) is 0 Å². The van der Waals surface area contributed by atoms with Crippen molar-refractivity contribution in [3.05, 3.63) is 40.3 Å². The molecule has 0 radical (unpaired) electrons. The summed E-state index contributed by atoms with van der Waals surface area (Å²) >= 11 is -2.20. The largest absolute Gasteiger partial charge is 1.00 e. The van der Waals surface area contributed by atoms with Crippen molar-refractivity contribution in [2.45, 2.75) is 11.4 Å². The van der Waals surface area contributed by atoms with E-state index >= 15 is 0 Å². The Hall–Kier alpha value is -0.360. The molecule has 1 unspecified atom stereocenters. The van der Waals surface area contributed by atoms with Gasteiger partial charge in [-0.1, -0.05) is 17.2 Å². The summed E-state index contributed by atoms with van der Waals surface area (Å²) in [6.45, 7) is 0.238. The van der Waals surface area contributed by atoms with Crippen LogP contribution in [0.15, 0.2) is 34.3 Å². The van der Waals surface area contributed by atoms with E-state index in [9.17, 15) is 8.76 Å². The Bertz CT molecular complexity index is 362. The van der Waals surface area contributed by atoms with E-state index in [2.05, 4.69) is 10.0 Å². The number of azide groups is 1. The molecule has 0 fully saturated rings. The van der Waals surface area contributed by atoms with Crippen LogP contribution in [0.3, 0.4) is 0 Å². The molecular formula is C7H6N3NaO2S. The third-order valence-corrected chi connectivity index (χ3v) is 2.09. The molecule has 1 atom stereocenters. The van der Waals surface area contributed by atoms with E-state index in [-0.39, 0.29) is 41.0 Å². The Morgan fingerprint density at radius 3 is 2.43 bits per heavy atom. The van der Waals surface area contributed by atoms with Crippen molar-refractivity contribution >= 4 is 11.1 Å². The normalized spacial score (nSPS) is 10.9. The summed E-state index contributed by atoms with van der Waals surface area (Å²) in [5.41, 5.74) is 8.81. The molecule has 0 bridgehead atoms. The van der Waals surface area contributed by atoms with Crippen molar-refractivity contribution in [1.82, 2.24) is 0 Å². The molecule has 0 aliphatic carbocycles. The van der Waals surface area contributed by atoms with Gasteiger partial charge in [0.05, 0.1) is 6.54 Å². The van der Waals surface area contributed by atoms with E-state index in [1.54, 1.807) is 12.1 Å². The molecule has 0 heterocycles. The molecule has 0 saturated carbocycles. The first-order valence-corrected chi connectivity index (χ1v) is 4.50. The Morgan fingerprint density at radius 1 is 1.43 bits per heavy atom. The molecular weight excluding hydrogens is 213 g/mol. The molecule has 68 valence electrons. The van der Waals surface area contributed by atoms with Crippen LogP contribution in [0.5, 0.6) is 0 Å². The molecule has 0 amide bonds. The quantitative estimate of drug-likeness (QED) is 0.209. The minimum Gasteiger partial charge on any atom is -0.768 e. The van der Waals surface area contributed by atoms with E-state index in [4.69, 9.17) is 5.53 Å². The summed E-state index contributed by atoms with van der Waals surface area (Å²) in [7, 11) is 0. The van der Waals surface area contributed by atoms with Crippen molar-refractivity contribution in [1.29, 1.82) is 0 Å². The zero-order valence-corrected chi connectivity index (χ0v) is 10.4. The minimum absolute atomic E-state index is 0. The van der Waals surface area contributed by atoms with Crippen molar-refractivity contribution in [2.75, 3.05) is 0 Å². The van der Waals surface area contributed by atoms with Gasteiger partial charge < -0.3 is 4.55 Å². The Balaban J connectivity index is 0.00000169. The first-order valence-electron chi connectivity index (χ1n) is 3.43. The van der Waals surface area contributed by atoms with E-state index in [0.29, 0.717) is 0 Å². The summed E-state index contributed by atoms with van der Waals surface area (Å²) in [5.74, 6) is 0. The van der Waals surface area contributed by atoms with Crippen molar-refractivity contribution < 1.29 is 38.3 Å². The number of nitrogens with zero attached hydrogens (tertiary/aromatic N) is 3. The van der Waals surface area contributed by atoms with E-state index < -0.39 is 11.1 Å². The molecule has 0 aliphatic heterocycles. The average molecular weight is 219 g/mol. The van der Waals surface area contributed by atoms with Gasteiger partial charge in [0.1, 0.15) is 0 Å². The minimum atomic E-state index is -2.20. The van der Waals surface area contributed by atoms with Crippen molar-refractivity contribution in [3.8, 4) is 0 Å². The van der Waals surface area contributed by atoms with Gasteiger partial charge in [-0.3, -0.25) is 4.21 Å². The monoisotopic (exact) mass is 219 g/mol. The number of hydrogen-bond donors (Lipinski definition) is 0. The molecule has 1 aromatic carbocycles. The van der Waals surface area contributed by atoms with E-state index in [0.717, 1.165) is 5.56 Å². The van der Waals surface area contributed by atoms with Crippen LogP contribution in [-0.2, 0) is 17.6 Å². The van der Waals surface area contributed by atoms with Gasteiger partial charge in [0.25, 0.3) is 0 Å². The predicted octanol–water partition coefficient (Wildman–Crippen LogP) is -1.26. The van der Waals surface area contributed by atoms with Gasteiger partial charge in [-0.15, -0.1) is 0 Å². The smallest absolute Gasteiger partial charge is 0.768 e. The van der Waals surface area contributed by atoms with Gasteiger partial charge in [0, 0.05) is 9.81 Å².